The van der Waals surface area contributed by atoms with Crippen molar-refractivity contribution in [3.05, 3.63) is 27.7 Å². The van der Waals surface area contributed by atoms with E-state index in [1.54, 1.807) is 13.0 Å². The summed E-state index contributed by atoms with van der Waals surface area (Å²) >= 11 is 12.2. The van der Waals surface area contributed by atoms with Gasteiger partial charge in [0.1, 0.15) is 4.90 Å². The molecule has 2 N–H and O–H groups in total. The van der Waals surface area contributed by atoms with Crippen LogP contribution < -0.4 is 10.0 Å². The number of hydrogen-bond acceptors (Lipinski definition) is 3. The lowest BCUT2D eigenvalue weighted by atomic mass is 9.80. The highest BCUT2D eigenvalue weighted by molar-refractivity contribution is 7.89. The molecule has 23 heavy (non-hydrogen) atoms. The minimum Gasteiger partial charge on any atom is -0.307 e. The van der Waals surface area contributed by atoms with Crippen molar-refractivity contribution in [3.8, 4) is 0 Å². The number of rotatable bonds is 3. The van der Waals surface area contributed by atoms with Gasteiger partial charge in [0.15, 0.2) is 0 Å². The Kier molecular flexibility index (Phi) is 5.11. The molecule has 0 saturated carbocycles. The van der Waals surface area contributed by atoms with Gasteiger partial charge in [-0.05, 0) is 65.2 Å². The Hall–Kier alpha value is -0.330. The van der Waals surface area contributed by atoms with Crippen LogP contribution >= 0.6 is 23.2 Å². The summed E-state index contributed by atoms with van der Waals surface area (Å²) in [5.74, 6) is 0. The van der Waals surface area contributed by atoms with Gasteiger partial charge >= 0.3 is 0 Å². The second kappa shape index (κ2) is 6.19. The van der Waals surface area contributed by atoms with Gasteiger partial charge in [-0.1, -0.05) is 23.2 Å². The lowest BCUT2D eigenvalue weighted by molar-refractivity contribution is 0.157. The number of nitrogens with one attached hydrogen (secondary N) is 2. The van der Waals surface area contributed by atoms with Crippen molar-refractivity contribution in [2.24, 2.45) is 0 Å². The number of piperidine rings is 1. The number of sulfonamides is 1. The lowest BCUT2D eigenvalue weighted by Crippen LogP contribution is -2.62. The fourth-order valence-corrected chi connectivity index (χ4v) is 5.58. The third-order valence-corrected chi connectivity index (χ3v) is 6.66. The Bertz CT molecular complexity index is 699. The van der Waals surface area contributed by atoms with E-state index in [1.165, 1.54) is 6.07 Å². The Morgan fingerprint density at radius 2 is 1.65 bits per heavy atom. The van der Waals surface area contributed by atoms with Crippen LogP contribution in [0.4, 0.5) is 0 Å². The highest BCUT2D eigenvalue weighted by Gasteiger charge is 2.39. The molecule has 1 fully saturated rings. The zero-order valence-electron chi connectivity index (χ0n) is 14.1. The maximum atomic E-state index is 12.7. The largest absolute Gasteiger partial charge is 0.307 e. The molecule has 130 valence electrons. The topological polar surface area (TPSA) is 58.2 Å². The molecule has 0 amide bonds. The van der Waals surface area contributed by atoms with Crippen molar-refractivity contribution in [1.82, 2.24) is 10.0 Å². The summed E-state index contributed by atoms with van der Waals surface area (Å²) in [7, 11) is -3.70. The molecular formula is C16H24Cl2N2O2S. The minimum absolute atomic E-state index is 0.0789. The number of halogens is 2. The van der Waals surface area contributed by atoms with E-state index in [0.717, 1.165) is 0 Å². The maximum Gasteiger partial charge on any atom is 0.242 e. The summed E-state index contributed by atoms with van der Waals surface area (Å²) < 4.78 is 28.3. The monoisotopic (exact) mass is 378 g/mol. The molecule has 4 nitrogen and oxygen atoms in total. The van der Waals surface area contributed by atoms with Crippen molar-refractivity contribution in [2.75, 3.05) is 0 Å². The van der Waals surface area contributed by atoms with Crippen LogP contribution in [0.2, 0.25) is 10.0 Å². The quantitative estimate of drug-likeness (QED) is 0.838. The van der Waals surface area contributed by atoms with E-state index < -0.39 is 10.0 Å². The lowest BCUT2D eigenvalue weighted by Gasteiger charge is -2.46. The first-order valence-electron chi connectivity index (χ1n) is 7.59. The van der Waals surface area contributed by atoms with Crippen molar-refractivity contribution in [2.45, 2.75) is 69.5 Å². The van der Waals surface area contributed by atoms with Gasteiger partial charge in [0, 0.05) is 22.1 Å². The fourth-order valence-electron chi connectivity index (χ4n) is 3.53. The van der Waals surface area contributed by atoms with Crippen LogP contribution in [0.1, 0.15) is 46.1 Å². The summed E-state index contributed by atoms with van der Waals surface area (Å²) in [6.07, 6.45) is 1.42. The van der Waals surface area contributed by atoms with E-state index in [0.29, 0.717) is 23.4 Å². The molecular weight excluding hydrogens is 355 g/mol. The molecule has 7 heteroatoms. The first-order chi connectivity index (χ1) is 10.3. The Balaban J connectivity index is 2.30. The van der Waals surface area contributed by atoms with Crippen molar-refractivity contribution < 1.29 is 8.42 Å². The molecule has 1 saturated heterocycles. The predicted molar refractivity (Wildman–Crippen MR) is 95.8 cm³/mol. The molecule has 0 aliphatic carbocycles. The van der Waals surface area contributed by atoms with E-state index in [1.807, 2.05) is 0 Å². The molecule has 1 heterocycles. The zero-order valence-corrected chi connectivity index (χ0v) is 16.5. The van der Waals surface area contributed by atoms with Crippen LogP contribution in [-0.4, -0.2) is 25.5 Å². The summed E-state index contributed by atoms with van der Waals surface area (Å²) in [6.45, 7) is 10.0. The van der Waals surface area contributed by atoms with Crippen molar-refractivity contribution in [3.63, 3.8) is 0 Å². The first-order valence-corrected chi connectivity index (χ1v) is 9.83. The van der Waals surface area contributed by atoms with Gasteiger partial charge in [-0.25, -0.2) is 13.1 Å². The predicted octanol–water partition coefficient (Wildman–Crippen LogP) is 3.89. The average molecular weight is 379 g/mol. The second-order valence-corrected chi connectivity index (χ2v) is 10.1. The number of hydrogen-bond donors (Lipinski definition) is 2. The molecule has 0 unspecified atom stereocenters. The summed E-state index contributed by atoms with van der Waals surface area (Å²) in [5, 5.41) is 4.17. The van der Waals surface area contributed by atoms with Gasteiger partial charge in [-0.3, -0.25) is 0 Å². The van der Waals surface area contributed by atoms with Gasteiger partial charge in [0.25, 0.3) is 0 Å². The summed E-state index contributed by atoms with van der Waals surface area (Å²) in [6, 6.07) is 2.86. The van der Waals surface area contributed by atoms with Crippen molar-refractivity contribution in [1.29, 1.82) is 0 Å². The smallest absolute Gasteiger partial charge is 0.242 e. The molecule has 1 aromatic rings. The Morgan fingerprint density at radius 1 is 1.13 bits per heavy atom. The van der Waals surface area contributed by atoms with Gasteiger partial charge in [0.05, 0.1) is 5.02 Å². The molecule has 0 atom stereocenters. The van der Waals surface area contributed by atoms with Crippen LogP contribution in [0, 0.1) is 6.92 Å². The van der Waals surface area contributed by atoms with E-state index in [9.17, 15) is 8.42 Å². The third kappa shape index (κ3) is 4.40. The Morgan fingerprint density at radius 3 is 2.17 bits per heavy atom. The van der Waals surface area contributed by atoms with Crippen LogP contribution in [0.5, 0.6) is 0 Å². The zero-order chi connectivity index (χ0) is 17.6. The highest BCUT2D eigenvalue weighted by Crippen LogP contribution is 2.32. The molecule has 0 aromatic heterocycles. The van der Waals surface area contributed by atoms with E-state index >= 15 is 0 Å². The van der Waals surface area contributed by atoms with Gasteiger partial charge < -0.3 is 5.32 Å². The number of benzene rings is 1. The fraction of sp³-hybridized carbons (Fsp3) is 0.625. The SMILES string of the molecule is Cc1c(Cl)ccc(S(=O)(=O)NC2CC(C)(C)NC(C)(C)C2)c1Cl. The van der Waals surface area contributed by atoms with Crippen molar-refractivity contribution >= 4 is 33.2 Å². The third-order valence-electron chi connectivity index (χ3n) is 4.09. The molecule has 1 aliphatic heterocycles. The molecule has 1 aliphatic rings. The summed E-state index contributed by atoms with van der Waals surface area (Å²) in [5.41, 5.74) is 0.283. The molecule has 0 spiro atoms. The van der Waals surface area contributed by atoms with E-state index in [2.05, 4.69) is 37.7 Å². The van der Waals surface area contributed by atoms with Gasteiger partial charge in [0.2, 0.25) is 10.0 Å². The maximum absolute atomic E-state index is 12.7. The standard InChI is InChI=1S/C16H24Cl2N2O2S/c1-10-12(17)6-7-13(14(10)18)23(21,22)19-11-8-15(2,3)20-16(4,5)9-11/h6-7,11,19-20H,8-9H2,1-5H3. The van der Waals surface area contributed by atoms with Crippen LogP contribution in [0.25, 0.3) is 0 Å². The summed E-state index contributed by atoms with van der Waals surface area (Å²) in [4.78, 5) is 0.0789. The van der Waals surface area contributed by atoms with E-state index in [-0.39, 0.29) is 27.0 Å². The normalized spacial score (nSPS) is 21.3. The van der Waals surface area contributed by atoms with Gasteiger partial charge in [-0.2, -0.15) is 0 Å². The molecule has 0 bridgehead atoms. The molecule has 1 aromatic carbocycles. The molecule has 2 rings (SSSR count). The van der Waals surface area contributed by atoms with E-state index in [4.69, 9.17) is 23.2 Å². The van der Waals surface area contributed by atoms with Gasteiger partial charge in [-0.15, -0.1) is 0 Å². The first kappa shape index (κ1) is 19.0. The molecule has 0 radical (unpaired) electrons. The Labute approximate surface area is 149 Å². The van der Waals surface area contributed by atoms with Crippen LogP contribution in [-0.2, 0) is 10.0 Å². The average Bonchev–Trinajstić information content (AvgIpc) is 2.30. The highest BCUT2D eigenvalue weighted by atomic mass is 35.5. The minimum atomic E-state index is -3.70. The van der Waals surface area contributed by atoms with Crippen LogP contribution in [0.3, 0.4) is 0 Å². The second-order valence-electron chi connectivity index (χ2n) is 7.60. The van der Waals surface area contributed by atoms with Crippen LogP contribution in [0.15, 0.2) is 17.0 Å².